The number of rotatable bonds is 1. The third kappa shape index (κ3) is 1.61. The van der Waals surface area contributed by atoms with Crippen molar-refractivity contribution in [3.63, 3.8) is 0 Å². The van der Waals surface area contributed by atoms with Crippen molar-refractivity contribution >= 4 is 33.4 Å². The van der Waals surface area contributed by atoms with Crippen LogP contribution in [0.5, 0.6) is 0 Å². The summed E-state index contributed by atoms with van der Waals surface area (Å²) < 4.78 is 0.824. The maximum Gasteiger partial charge on any atom is 0.260 e. The Morgan fingerprint density at radius 3 is 2.69 bits per heavy atom. The third-order valence-electron chi connectivity index (χ3n) is 2.71. The van der Waals surface area contributed by atoms with Crippen molar-refractivity contribution in [2.45, 2.75) is 6.42 Å². The fourth-order valence-electron chi connectivity index (χ4n) is 1.73. The molecular formula is C11H11BrN2O2. The summed E-state index contributed by atoms with van der Waals surface area (Å²) in [5.41, 5.74) is 2.25. The van der Waals surface area contributed by atoms with E-state index >= 15 is 0 Å². The minimum absolute atomic E-state index is 0.165. The van der Waals surface area contributed by atoms with E-state index in [4.69, 9.17) is 0 Å². The van der Waals surface area contributed by atoms with Gasteiger partial charge in [0.25, 0.3) is 5.91 Å². The fraction of sp³-hybridized carbons (Fsp3) is 0.273. The van der Waals surface area contributed by atoms with E-state index in [0.717, 1.165) is 20.6 Å². The Kier molecular flexibility index (Phi) is 2.71. The standard InChI is InChI=1S/C11H11BrN2O2/c1-13-9-3-6-4-10(15)14(2)11(16)7(6)5-8(9)12/h3,5,13H,4H2,1-2H3. The van der Waals surface area contributed by atoms with E-state index in [-0.39, 0.29) is 18.2 Å². The second-order valence-corrected chi connectivity index (χ2v) is 4.53. The first-order valence-corrected chi connectivity index (χ1v) is 5.65. The van der Waals surface area contributed by atoms with Gasteiger partial charge in [0, 0.05) is 29.8 Å². The molecule has 1 aliphatic heterocycles. The number of amides is 2. The van der Waals surface area contributed by atoms with Crippen LogP contribution in [0.3, 0.4) is 0 Å². The van der Waals surface area contributed by atoms with Crippen LogP contribution in [0.15, 0.2) is 16.6 Å². The van der Waals surface area contributed by atoms with Gasteiger partial charge in [-0.05, 0) is 33.6 Å². The molecule has 1 heterocycles. The van der Waals surface area contributed by atoms with Crippen LogP contribution in [-0.4, -0.2) is 30.8 Å². The van der Waals surface area contributed by atoms with Gasteiger partial charge in [0.15, 0.2) is 0 Å². The summed E-state index contributed by atoms with van der Waals surface area (Å²) in [6.07, 6.45) is 0.277. The van der Waals surface area contributed by atoms with E-state index in [9.17, 15) is 9.59 Å². The van der Waals surface area contributed by atoms with Crippen molar-refractivity contribution in [3.05, 3.63) is 27.7 Å². The van der Waals surface area contributed by atoms with Gasteiger partial charge >= 0.3 is 0 Å². The zero-order valence-electron chi connectivity index (χ0n) is 9.00. The van der Waals surface area contributed by atoms with Gasteiger partial charge in [-0.1, -0.05) is 0 Å². The highest BCUT2D eigenvalue weighted by Gasteiger charge is 2.28. The van der Waals surface area contributed by atoms with Gasteiger partial charge in [0.2, 0.25) is 5.91 Å². The molecule has 0 spiro atoms. The lowest BCUT2D eigenvalue weighted by Gasteiger charge is -2.24. The average Bonchev–Trinajstić information content (AvgIpc) is 2.27. The molecule has 4 nitrogen and oxygen atoms in total. The Labute approximate surface area is 102 Å². The van der Waals surface area contributed by atoms with E-state index in [0.29, 0.717) is 5.56 Å². The lowest BCUT2D eigenvalue weighted by Crippen LogP contribution is -2.39. The summed E-state index contributed by atoms with van der Waals surface area (Å²) >= 11 is 3.38. The van der Waals surface area contributed by atoms with Gasteiger partial charge in [-0.15, -0.1) is 0 Å². The number of hydrogen-bond acceptors (Lipinski definition) is 3. The molecule has 0 saturated heterocycles. The third-order valence-corrected chi connectivity index (χ3v) is 3.37. The Hall–Kier alpha value is -1.36. The van der Waals surface area contributed by atoms with Gasteiger partial charge in [-0.25, -0.2) is 0 Å². The normalized spacial score (nSPS) is 15.1. The minimum Gasteiger partial charge on any atom is -0.387 e. The number of nitrogens with one attached hydrogen (secondary N) is 1. The van der Waals surface area contributed by atoms with Crippen LogP contribution in [0.25, 0.3) is 0 Å². The number of likely N-dealkylation sites (N-methyl/N-ethyl adjacent to an activating group) is 1. The molecule has 5 heteroatoms. The van der Waals surface area contributed by atoms with Gasteiger partial charge in [-0.2, -0.15) is 0 Å². The molecule has 2 rings (SSSR count). The maximum atomic E-state index is 11.8. The maximum absolute atomic E-state index is 11.8. The predicted molar refractivity (Wildman–Crippen MR) is 64.5 cm³/mol. The number of halogens is 1. The van der Waals surface area contributed by atoms with Gasteiger partial charge < -0.3 is 5.32 Å². The van der Waals surface area contributed by atoms with E-state index < -0.39 is 0 Å². The van der Waals surface area contributed by atoms with Gasteiger partial charge in [0.05, 0.1) is 6.42 Å². The zero-order valence-corrected chi connectivity index (χ0v) is 10.6. The number of hydrogen-bond donors (Lipinski definition) is 1. The van der Waals surface area contributed by atoms with Crippen molar-refractivity contribution < 1.29 is 9.59 Å². The van der Waals surface area contributed by atoms with E-state index in [2.05, 4.69) is 21.2 Å². The number of imide groups is 1. The van der Waals surface area contributed by atoms with Gasteiger partial charge in [0.1, 0.15) is 0 Å². The number of fused-ring (bicyclic) bond motifs is 1. The Bertz CT molecular complexity index is 485. The molecule has 0 aromatic heterocycles. The molecule has 0 saturated carbocycles. The minimum atomic E-state index is -0.241. The second kappa shape index (κ2) is 3.90. The van der Waals surface area contributed by atoms with Crippen LogP contribution in [0.2, 0.25) is 0 Å². The molecule has 1 aromatic carbocycles. The summed E-state index contributed by atoms with van der Waals surface area (Å²) in [5.74, 6) is -0.406. The molecule has 1 aromatic rings. The first-order valence-electron chi connectivity index (χ1n) is 4.85. The first kappa shape index (κ1) is 11.1. The van der Waals surface area contributed by atoms with Gasteiger partial charge in [-0.3, -0.25) is 14.5 Å². The van der Waals surface area contributed by atoms with E-state index in [1.807, 2.05) is 6.07 Å². The number of anilines is 1. The molecular weight excluding hydrogens is 272 g/mol. The largest absolute Gasteiger partial charge is 0.387 e. The summed E-state index contributed by atoms with van der Waals surface area (Å²) in [6, 6.07) is 3.59. The quantitative estimate of drug-likeness (QED) is 0.797. The van der Waals surface area contributed by atoms with Crippen molar-refractivity contribution in [3.8, 4) is 0 Å². The van der Waals surface area contributed by atoms with Crippen LogP contribution in [0.4, 0.5) is 5.69 Å². The van der Waals surface area contributed by atoms with Crippen LogP contribution in [-0.2, 0) is 11.2 Å². The topological polar surface area (TPSA) is 49.4 Å². The second-order valence-electron chi connectivity index (χ2n) is 3.67. The Balaban J connectivity index is 2.58. The Morgan fingerprint density at radius 2 is 2.06 bits per heavy atom. The van der Waals surface area contributed by atoms with Crippen LogP contribution in [0.1, 0.15) is 15.9 Å². The lowest BCUT2D eigenvalue weighted by molar-refractivity contribution is -0.127. The van der Waals surface area contributed by atoms with Crippen molar-refractivity contribution in [1.82, 2.24) is 4.90 Å². The predicted octanol–water partition coefficient (Wildman–Crippen LogP) is 1.65. The molecule has 0 atom stereocenters. The number of carbonyl (C=O) groups is 2. The highest BCUT2D eigenvalue weighted by atomic mass is 79.9. The van der Waals surface area contributed by atoms with Crippen molar-refractivity contribution in [2.24, 2.45) is 0 Å². The van der Waals surface area contributed by atoms with Crippen LogP contribution < -0.4 is 5.32 Å². The van der Waals surface area contributed by atoms with Crippen LogP contribution >= 0.6 is 15.9 Å². The smallest absolute Gasteiger partial charge is 0.260 e. The monoisotopic (exact) mass is 282 g/mol. The Morgan fingerprint density at radius 1 is 1.38 bits per heavy atom. The fourth-order valence-corrected chi connectivity index (χ4v) is 2.27. The number of benzene rings is 1. The molecule has 0 aliphatic carbocycles. The molecule has 1 N–H and O–H groups in total. The summed E-state index contributed by atoms with van der Waals surface area (Å²) in [7, 11) is 3.30. The SMILES string of the molecule is CNc1cc2c(cc1Br)C(=O)N(C)C(=O)C2. The number of carbonyl (C=O) groups excluding carboxylic acids is 2. The van der Waals surface area contributed by atoms with E-state index in [1.165, 1.54) is 7.05 Å². The lowest BCUT2D eigenvalue weighted by atomic mass is 9.98. The summed E-state index contributed by atoms with van der Waals surface area (Å²) in [5, 5.41) is 3.00. The summed E-state index contributed by atoms with van der Waals surface area (Å²) in [4.78, 5) is 24.5. The first-order chi connectivity index (χ1) is 7.54. The molecule has 2 amide bonds. The van der Waals surface area contributed by atoms with Crippen LogP contribution in [0, 0.1) is 0 Å². The molecule has 84 valence electrons. The molecule has 1 aliphatic rings. The number of nitrogens with zero attached hydrogens (tertiary/aromatic N) is 1. The molecule has 0 bridgehead atoms. The highest BCUT2D eigenvalue weighted by Crippen LogP contribution is 2.29. The molecule has 0 radical (unpaired) electrons. The highest BCUT2D eigenvalue weighted by molar-refractivity contribution is 9.10. The van der Waals surface area contributed by atoms with E-state index in [1.54, 1.807) is 13.1 Å². The molecule has 16 heavy (non-hydrogen) atoms. The molecule has 0 unspecified atom stereocenters. The summed E-state index contributed by atoms with van der Waals surface area (Å²) in [6.45, 7) is 0. The van der Waals surface area contributed by atoms with Crippen molar-refractivity contribution in [1.29, 1.82) is 0 Å². The zero-order chi connectivity index (χ0) is 11.9. The average molecular weight is 283 g/mol. The van der Waals surface area contributed by atoms with Crippen molar-refractivity contribution in [2.75, 3.05) is 19.4 Å². The molecule has 0 fully saturated rings.